The van der Waals surface area contributed by atoms with Gasteiger partial charge < -0.3 is 5.11 Å². The van der Waals surface area contributed by atoms with Gasteiger partial charge in [-0.2, -0.15) is 0 Å². The zero-order valence-electron chi connectivity index (χ0n) is 32.0. The zero-order valence-corrected chi connectivity index (χ0v) is 32.0. The van der Waals surface area contributed by atoms with E-state index in [9.17, 15) is 5.11 Å². The van der Waals surface area contributed by atoms with Gasteiger partial charge in [0.2, 0.25) is 0 Å². The van der Waals surface area contributed by atoms with Gasteiger partial charge in [-0.3, -0.25) is 9.55 Å². The highest BCUT2D eigenvalue weighted by Gasteiger charge is 2.31. The minimum atomic E-state index is -0.160. The summed E-state index contributed by atoms with van der Waals surface area (Å²) in [6.45, 7) is 27.3. The Bertz CT molecular complexity index is 2160. The second-order valence-electron chi connectivity index (χ2n) is 17.9. The first-order valence-electron chi connectivity index (χ1n) is 17.8. The van der Waals surface area contributed by atoms with Crippen LogP contribution in [0, 0.1) is 0 Å². The summed E-state index contributed by atoms with van der Waals surface area (Å²) in [5.41, 5.74) is 12.3. The molecule has 0 atom stereocenters. The third-order valence-electron chi connectivity index (χ3n) is 9.72. The first-order valence-corrected chi connectivity index (χ1v) is 17.8. The van der Waals surface area contributed by atoms with Crippen molar-refractivity contribution in [1.82, 2.24) is 14.5 Å². The van der Waals surface area contributed by atoms with Crippen molar-refractivity contribution in [3.05, 3.63) is 119 Å². The summed E-state index contributed by atoms with van der Waals surface area (Å²) in [7, 11) is 0. The Hall–Kier alpha value is -4.70. The van der Waals surface area contributed by atoms with Gasteiger partial charge in [-0.05, 0) is 98.0 Å². The SMILES string of the molecule is CC(C)(C)c1cc(-c2ccccn2)cc(-c2cc(C(C)(C)C)cc3c2nc(-c2ccccc2O)n3-c2c(C(C)(C)C)cccc2C(C)(C)C)c1. The number of aromatic hydroxyl groups is 1. The standard InChI is InChI=1S/C46H53N3O/c1-43(2,3)31-25-29(24-30(26-31)37-21-15-16-23-47-37)34-27-32(44(4,5)6)28-38-40(34)48-42(33-18-13-14-22-39(33)50)49(38)41-35(45(7,8)9)19-17-20-36(41)46(10,11)12/h13-28,50H,1-12H3. The van der Waals surface area contributed by atoms with Crippen LogP contribution in [-0.4, -0.2) is 19.6 Å². The first kappa shape index (κ1) is 35.1. The van der Waals surface area contributed by atoms with Gasteiger partial charge >= 0.3 is 0 Å². The minimum Gasteiger partial charge on any atom is -0.507 e. The van der Waals surface area contributed by atoms with Gasteiger partial charge in [0.1, 0.15) is 11.6 Å². The summed E-state index contributed by atoms with van der Waals surface area (Å²) < 4.78 is 2.34. The van der Waals surface area contributed by atoms with Crippen molar-refractivity contribution in [2.75, 3.05) is 0 Å². The molecule has 0 saturated heterocycles. The second kappa shape index (κ2) is 12.3. The number of para-hydroxylation sites is 2. The molecule has 4 nitrogen and oxygen atoms in total. The minimum absolute atomic E-state index is 0.0894. The highest BCUT2D eigenvalue weighted by Crippen LogP contribution is 2.45. The molecule has 258 valence electrons. The van der Waals surface area contributed by atoms with E-state index in [-0.39, 0.29) is 27.4 Å². The molecule has 2 aromatic heterocycles. The fourth-order valence-electron chi connectivity index (χ4n) is 6.79. The van der Waals surface area contributed by atoms with Crippen LogP contribution in [0.25, 0.3) is 50.5 Å². The van der Waals surface area contributed by atoms with Crippen LogP contribution in [0.3, 0.4) is 0 Å². The molecule has 4 heteroatoms. The first-order chi connectivity index (χ1) is 23.2. The topological polar surface area (TPSA) is 50.9 Å². The quantitative estimate of drug-likeness (QED) is 0.204. The number of imidazole rings is 1. The third kappa shape index (κ3) is 6.61. The number of fused-ring (bicyclic) bond motifs is 1. The van der Waals surface area contributed by atoms with Crippen LogP contribution >= 0.6 is 0 Å². The lowest BCUT2D eigenvalue weighted by Gasteiger charge is -2.31. The van der Waals surface area contributed by atoms with Crippen LogP contribution < -0.4 is 0 Å². The number of nitrogens with zero attached hydrogens (tertiary/aromatic N) is 3. The van der Waals surface area contributed by atoms with E-state index in [1.807, 2.05) is 36.5 Å². The molecule has 4 aromatic carbocycles. The molecule has 0 aliphatic rings. The normalized spacial score (nSPS) is 12.9. The summed E-state index contributed by atoms with van der Waals surface area (Å²) in [6, 6.07) is 31.9. The molecule has 0 saturated carbocycles. The summed E-state index contributed by atoms with van der Waals surface area (Å²) in [6.07, 6.45) is 1.86. The van der Waals surface area contributed by atoms with Gasteiger partial charge in [-0.25, -0.2) is 4.98 Å². The molecule has 6 aromatic rings. The van der Waals surface area contributed by atoms with Crippen molar-refractivity contribution >= 4 is 11.0 Å². The van der Waals surface area contributed by atoms with E-state index in [1.54, 1.807) is 6.07 Å². The number of phenolic OH excluding ortho intramolecular Hbond substituents is 1. The lowest BCUT2D eigenvalue weighted by atomic mass is 9.78. The third-order valence-corrected chi connectivity index (χ3v) is 9.72. The molecule has 0 aliphatic carbocycles. The molecule has 0 unspecified atom stereocenters. The molecule has 50 heavy (non-hydrogen) atoms. The van der Waals surface area contributed by atoms with Crippen molar-refractivity contribution in [2.24, 2.45) is 0 Å². The van der Waals surface area contributed by atoms with Crippen molar-refractivity contribution in [2.45, 2.75) is 105 Å². The fraction of sp³-hybridized carbons (Fsp3) is 0.348. The summed E-state index contributed by atoms with van der Waals surface area (Å²) in [4.78, 5) is 10.3. The number of benzene rings is 4. The molecule has 0 bridgehead atoms. The maximum atomic E-state index is 11.4. The summed E-state index contributed by atoms with van der Waals surface area (Å²) in [5, 5.41) is 11.4. The lowest BCUT2D eigenvalue weighted by Crippen LogP contribution is -2.22. The monoisotopic (exact) mass is 663 g/mol. The Kier molecular flexibility index (Phi) is 8.62. The van der Waals surface area contributed by atoms with E-state index in [2.05, 4.69) is 142 Å². The molecule has 0 radical (unpaired) electrons. The molecule has 0 spiro atoms. The largest absolute Gasteiger partial charge is 0.507 e. The molecule has 6 rings (SSSR count). The second-order valence-corrected chi connectivity index (χ2v) is 17.9. The van der Waals surface area contributed by atoms with E-state index >= 15 is 0 Å². The number of aromatic nitrogens is 3. The Labute approximate surface area is 299 Å². The van der Waals surface area contributed by atoms with Crippen LogP contribution in [0.4, 0.5) is 0 Å². The Morgan fingerprint density at radius 3 is 1.68 bits per heavy atom. The number of phenols is 1. The molecular formula is C46H53N3O. The van der Waals surface area contributed by atoms with Crippen LogP contribution in [0.5, 0.6) is 5.75 Å². The van der Waals surface area contributed by atoms with Gasteiger partial charge in [0.25, 0.3) is 0 Å². The van der Waals surface area contributed by atoms with Crippen LogP contribution in [0.1, 0.15) is 105 Å². The zero-order chi connectivity index (χ0) is 36.4. The van der Waals surface area contributed by atoms with Gasteiger partial charge in [-0.1, -0.05) is 126 Å². The average molecular weight is 664 g/mol. The Morgan fingerprint density at radius 2 is 1.12 bits per heavy atom. The van der Waals surface area contributed by atoms with Crippen LogP contribution in [-0.2, 0) is 21.7 Å². The maximum absolute atomic E-state index is 11.4. The molecule has 0 fully saturated rings. The smallest absolute Gasteiger partial charge is 0.149 e. The van der Waals surface area contributed by atoms with Gasteiger partial charge in [0, 0.05) is 17.3 Å². The van der Waals surface area contributed by atoms with Crippen molar-refractivity contribution in [1.29, 1.82) is 0 Å². The average Bonchev–Trinajstić information content (AvgIpc) is 3.42. The Balaban J connectivity index is 1.85. The van der Waals surface area contributed by atoms with Gasteiger partial charge in [-0.15, -0.1) is 0 Å². The van der Waals surface area contributed by atoms with Crippen molar-refractivity contribution in [3.8, 4) is 45.2 Å². The molecular weight excluding hydrogens is 611 g/mol. The van der Waals surface area contributed by atoms with Gasteiger partial charge in [0.05, 0.1) is 28.0 Å². The van der Waals surface area contributed by atoms with E-state index in [0.717, 1.165) is 44.9 Å². The van der Waals surface area contributed by atoms with E-state index in [0.29, 0.717) is 5.56 Å². The van der Waals surface area contributed by atoms with E-state index in [1.165, 1.54) is 22.3 Å². The highest BCUT2D eigenvalue weighted by molar-refractivity contribution is 5.98. The van der Waals surface area contributed by atoms with Crippen LogP contribution in [0.2, 0.25) is 0 Å². The predicted molar refractivity (Wildman–Crippen MR) is 212 cm³/mol. The number of hydrogen-bond donors (Lipinski definition) is 1. The molecule has 1 N–H and O–H groups in total. The fourth-order valence-corrected chi connectivity index (χ4v) is 6.79. The number of pyridine rings is 1. The number of hydrogen-bond acceptors (Lipinski definition) is 3. The molecule has 0 aliphatic heterocycles. The van der Waals surface area contributed by atoms with Gasteiger partial charge in [0.15, 0.2) is 0 Å². The van der Waals surface area contributed by atoms with E-state index in [4.69, 9.17) is 9.97 Å². The highest BCUT2D eigenvalue weighted by atomic mass is 16.3. The van der Waals surface area contributed by atoms with Crippen molar-refractivity contribution < 1.29 is 5.11 Å². The lowest BCUT2D eigenvalue weighted by molar-refractivity contribution is 0.477. The van der Waals surface area contributed by atoms with Crippen LogP contribution in [0.15, 0.2) is 97.2 Å². The predicted octanol–water partition coefficient (Wildman–Crippen LogP) is 12.3. The van der Waals surface area contributed by atoms with Crippen molar-refractivity contribution in [3.63, 3.8) is 0 Å². The maximum Gasteiger partial charge on any atom is 0.149 e. The summed E-state index contributed by atoms with van der Waals surface area (Å²) >= 11 is 0. The molecule has 0 amide bonds. The van der Waals surface area contributed by atoms with E-state index < -0.39 is 0 Å². The summed E-state index contributed by atoms with van der Waals surface area (Å²) in [5.74, 6) is 0.934. The molecule has 2 heterocycles. The number of rotatable bonds is 4. The Morgan fingerprint density at radius 1 is 0.540 bits per heavy atom.